The van der Waals surface area contributed by atoms with E-state index in [0.29, 0.717) is 6.10 Å². The molecule has 0 aromatic carbocycles. The quantitative estimate of drug-likeness (QED) is 0.575. The summed E-state index contributed by atoms with van der Waals surface area (Å²) in [6, 6.07) is 0. The van der Waals surface area contributed by atoms with Crippen LogP contribution in [-0.4, -0.2) is 23.7 Å². The van der Waals surface area contributed by atoms with E-state index in [2.05, 4.69) is 25.6 Å². The second kappa shape index (κ2) is 4.24. The third kappa shape index (κ3) is 4.18. The summed E-state index contributed by atoms with van der Waals surface area (Å²) >= 11 is 2.07. The Kier molecular flexibility index (Phi) is 3.57. The minimum atomic E-state index is 0.634. The van der Waals surface area contributed by atoms with Gasteiger partial charge in [-0.15, -0.1) is 0 Å². The summed E-state index contributed by atoms with van der Waals surface area (Å²) in [7, 11) is 0. The Morgan fingerprint density at radius 2 is 2.00 bits per heavy atom. The van der Waals surface area contributed by atoms with Crippen molar-refractivity contribution in [2.45, 2.75) is 38.0 Å². The van der Waals surface area contributed by atoms with Gasteiger partial charge >= 0.3 is 0 Å². The fourth-order valence-corrected chi connectivity index (χ4v) is 1.21. The van der Waals surface area contributed by atoms with Gasteiger partial charge in [0.1, 0.15) is 0 Å². The molecule has 1 nitrogen and oxygen atoms in total. The lowest BCUT2D eigenvalue weighted by Gasteiger charge is -1.70. The van der Waals surface area contributed by atoms with E-state index in [1.54, 1.807) is 0 Å². The van der Waals surface area contributed by atoms with Crippen LogP contribution in [0.15, 0.2) is 0 Å². The number of thioether (sulfide) groups is 1. The van der Waals surface area contributed by atoms with Crippen LogP contribution in [0.2, 0.25) is 0 Å². The maximum absolute atomic E-state index is 4.86. The minimum absolute atomic E-state index is 0.634. The molecule has 0 N–H and O–H groups in total. The van der Waals surface area contributed by atoms with E-state index in [1.165, 1.54) is 18.6 Å². The van der Waals surface area contributed by atoms with E-state index in [4.69, 9.17) is 4.74 Å². The molecule has 0 bridgehead atoms. The molecule has 2 saturated heterocycles. The molecule has 0 radical (unpaired) electrons. The molecule has 0 amide bonds. The van der Waals surface area contributed by atoms with E-state index in [1.807, 2.05) is 0 Å². The Hall–Kier alpha value is 0.310. The van der Waals surface area contributed by atoms with Gasteiger partial charge in [0.2, 0.25) is 0 Å². The molecule has 0 saturated carbocycles. The molecular formula is C8H16OS. The number of hydrogen-bond donors (Lipinski definition) is 0. The lowest BCUT2D eigenvalue weighted by Crippen LogP contribution is -1.73. The highest BCUT2D eigenvalue weighted by atomic mass is 32.2. The lowest BCUT2D eigenvalue weighted by atomic mass is 10.4. The monoisotopic (exact) mass is 160 g/mol. The van der Waals surface area contributed by atoms with Crippen LogP contribution in [0.5, 0.6) is 0 Å². The molecule has 10 heavy (non-hydrogen) atoms. The number of rotatable bonds is 2. The van der Waals surface area contributed by atoms with Gasteiger partial charge in [-0.2, -0.15) is 11.8 Å². The van der Waals surface area contributed by atoms with Gasteiger partial charge in [0.05, 0.1) is 12.7 Å². The lowest BCUT2D eigenvalue weighted by molar-refractivity contribution is 0.403. The molecule has 2 heteroatoms. The van der Waals surface area contributed by atoms with Crippen LogP contribution in [-0.2, 0) is 4.74 Å². The Labute approximate surface area is 67.5 Å². The molecule has 0 aliphatic carbocycles. The minimum Gasteiger partial charge on any atom is -0.373 e. The summed E-state index contributed by atoms with van der Waals surface area (Å²) in [6.07, 6.45) is 3.21. The fraction of sp³-hybridized carbons (Fsp3) is 1.00. The molecule has 2 aliphatic heterocycles. The standard InChI is InChI=1S/C4H8O.C4H8S/c2*1-2-4-3-5-4/h2*4H,2-3H2,1H3. The third-order valence-electron chi connectivity index (χ3n) is 1.72. The van der Waals surface area contributed by atoms with Crippen molar-refractivity contribution in [2.75, 3.05) is 12.4 Å². The van der Waals surface area contributed by atoms with Crippen LogP contribution in [0.3, 0.4) is 0 Å². The van der Waals surface area contributed by atoms with Crippen LogP contribution in [0.1, 0.15) is 26.7 Å². The second-order valence-corrected chi connectivity index (χ2v) is 4.06. The van der Waals surface area contributed by atoms with Crippen LogP contribution in [0.4, 0.5) is 0 Å². The molecule has 0 aromatic rings. The van der Waals surface area contributed by atoms with Crippen molar-refractivity contribution in [3.63, 3.8) is 0 Å². The Morgan fingerprint density at radius 3 is 2.00 bits per heavy atom. The van der Waals surface area contributed by atoms with Crippen molar-refractivity contribution in [3.8, 4) is 0 Å². The van der Waals surface area contributed by atoms with E-state index in [9.17, 15) is 0 Å². The van der Waals surface area contributed by atoms with Gasteiger partial charge in [-0.05, 0) is 12.8 Å². The zero-order valence-corrected chi connectivity index (χ0v) is 7.62. The van der Waals surface area contributed by atoms with Crippen molar-refractivity contribution in [1.29, 1.82) is 0 Å². The van der Waals surface area contributed by atoms with Gasteiger partial charge in [-0.25, -0.2) is 0 Å². The molecule has 2 aliphatic rings. The maximum Gasteiger partial charge on any atom is 0.0807 e. The summed E-state index contributed by atoms with van der Waals surface area (Å²) in [6.45, 7) is 5.39. The third-order valence-corrected chi connectivity index (χ3v) is 2.85. The average Bonchev–Trinajstić information content (AvgIpc) is 2.86. The largest absolute Gasteiger partial charge is 0.373 e. The predicted molar refractivity (Wildman–Crippen MR) is 46.6 cm³/mol. The molecule has 2 fully saturated rings. The van der Waals surface area contributed by atoms with Crippen LogP contribution >= 0.6 is 11.8 Å². The maximum atomic E-state index is 4.86. The fourth-order valence-electron chi connectivity index (χ4n) is 0.607. The highest BCUT2D eigenvalue weighted by Crippen LogP contribution is 2.32. The Morgan fingerprint density at radius 1 is 1.40 bits per heavy atom. The van der Waals surface area contributed by atoms with Crippen molar-refractivity contribution < 1.29 is 4.74 Å². The van der Waals surface area contributed by atoms with Crippen LogP contribution in [0, 0.1) is 0 Å². The number of hydrogen-bond acceptors (Lipinski definition) is 2. The van der Waals surface area contributed by atoms with Crippen molar-refractivity contribution >= 4 is 11.8 Å². The molecule has 60 valence electrons. The molecule has 2 atom stereocenters. The van der Waals surface area contributed by atoms with E-state index in [0.717, 1.165) is 11.9 Å². The summed E-state index contributed by atoms with van der Waals surface area (Å²) in [5.41, 5.74) is 0. The van der Waals surface area contributed by atoms with Gasteiger partial charge in [-0.3, -0.25) is 0 Å². The van der Waals surface area contributed by atoms with E-state index < -0.39 is 0 Å². The summed E-state index contributed by atoms with van der Waals surface area (Å²) in [4.78, 5) is 0. The summed E-state index contributed by atoms with van der Waals surface area (Å²) in [5, 5.41) is 1.05. The highest BCUT2D eigenvalue weighted by molar-refractivity contribution is 8.06. The van der Waals surface area contributed by atoms with E-state index >= 15 is 0 Å². The summed E-state index contributed by atoms with van der Waals surface area (Å²) in [5.74, 6) is 1.43. The Bertz CT molecular complexity index is 75.3. The molecule has 0 aromatic heterocycles. The van der Waals surface area contributed by atoms with Crippen molar-refractivity contribution in [2.24, 2.45) is 0 Å². The smallest absolute Gasteiger partial charge is 0.0807 e. The number of ether oxygens (including phenoxy) is 1. The van der Waals surface area contributed by atoms with E-state index in [-0.39, 0.29) is 0 Å². The second-order valence-electron chi connectivity index (χ2n) is 2.73. The first kappa shape index (κ1) is 8.41. The molecule has 0 spiro atoms. The normalized spacial score (nSPS) is 34.2. The zero-order valence-electron chi connectivity index (χ0n) is 6.80. The van der Waals surface area contributed by atoms with Gasteiger partial charge < -0.3 is 4.74 Å². The average molecular weight is 160 g/mol. The predicted octanol–water partition coefficient (Wildman–Crippen LogP) is 2.31. The first-order chi connectivity index (χ1) is 4.86. The number of epoxide rings is 1. The van der Waals surface area contributed by atoms with Crippen molar-refractivity contribution in [1.82, 2.24) is 0 Å². The topological polar surface area (TPSA) is 12.5 Å². The zero-order chi connectivity index (χ0) is 7.40. The van der Waals surface area contributed by atoms with Crippen LogP contribution in [0.25, 0.3) is 0 Å². The highest BCUT2D eigenvalue weighted by Gasteiger charge is 2.18. The molecular weight excluding hydrogens is 144 g/mol. The molecule has 2 unspecified atom stereocenters. The van der Waals surface area contributed by atoms with Gasteiger partial charge in [0.15, 0.2) is 0 Å². The van der Waals surface area contributed by atoms with Gasteiger partial charge in [-0.1, -0.05) is 13.8 Å². The van der Waals surface area contributed by atoms with Gasteiger partial charge in [0, 0.05) is 11.0 Å². The summed E-state index contributed by atoms with van der Waals surface area (Å²) < 4.78 is 4.86. The molecule has 2 heterocycles. The van der Waals surface area contributed by atoms with Crippen molar-refractivity contribution in [3.05, 3.63) is 0 Å². The first-order valence-corrected chi connectivity index (χ1v) is 5.14. The Balaban J connectivity index is 0.0000001000. The van der Waals surface area contributed by atoms with Gasteiger partial charge in [0.25, 0.3) is 0 Å². The molecule has 2 rings (SSSR count). The first-order valence-electron chi connectivity index (χ1n) is 4.10. The van der Waals surface area contributed by atoms with Crippen LogP contribution < -0.4 is 0 Å². The SMILES string of the molecule is CCC1CO1.CCC1CS1.